The number of aromatic nitrogens is 2. The molecular weight excluding hydrogens is 327 g/mol. The van der Waals surface area contributed by atoms with E-state index in [0.29, 0.717) is 5.41 Å². The van der Waals surface area contributed by atoms with E-state index in [-0.39, 0.29) is 12.4 Å². The van der Waals surface area contributed by atoms with Gasteiger partial charge in [0, 0.05) is 24.0 Å². The smallest absolute Gasteiger partial charge is 0.0945 e. The molecule has 4 heteroatoms. The molecule has 0 saturated heterocycles. The van der Waals surface area contributed by atoms with Gasteiger partial charge in [-0.2, -0.15) is 0 Å². The Bertz CT molecular complexity index is 681. The molecule has 0 bridgehead atoms. The Labute approximate surface area is 149 Å². The van der Waals surface area contributed by atoms with E-state index in [4.69, 9.17) is 11.6 Å². The first-order chi connectivity index (χ1) is 10.7. The first-order valence-electron chi connectivity index (χ1n) is 8.42. The van der Waals surface area contributed by atoms with Crippen molar-refractivity contribution in [2.45, 2.75) is 57.4 Å². The van der Waals surface area contributed by atoms with E-state index in [9.17, 15) is 0 Å². The Kier molecular flexibility index (Phi) is 4.75. The van der Waals surface area contributed by atoms with Crippen LogP contribution in [0.15, 0.2) is 30.9 Å². The van der Waals surface area contributed by atoms with Crippen molar-refractivity contribution in [3.63, 3.8) is 0 Å². The van der Waals surface area contributed by atoms with Crippen LogP contribution >= 0.6 is 24.0 Å². The molecule has 1 heterocycles. The van der Waals surface area contributed by atoms with Crippen molar-refractivity contribution in [3.8, 4) is 0 Å². The minimum Gasteiger partial charge on any atom is -0.337 e. The Morgan fingerprint density at radius 3 is 3.04 bits per heavy atom. The molecule has 0 radical (unpaired) electrons. The lowest BCUT2D eigenvalue weighted by Gasteiger charge is -2.44. The van der Waals surface area contributed by atoms with Gasteiger partial charge in [-0.25, -0.2) is 4.98 Å². The molecule has 0 aliphatic heterocycles. The van der Waals surface area contributed by atoms with Crippen LogP contribution in [0.1, 0.15) is 49.3 Å². The van der Waals surface area contributed by atoms with E-state index in [0.717, 1.165) is 23.9 Å². The zero-order valence-corrected chi connectivity index (χ0v) is 15.2. The van der Waals surface area contributed by atoms with E-state index >= 15 is 0 Å². The summed E-state index contributed by atoms with van der Waals surface area (Å²) in [4.78, 5) is 4.14. The molecule has 1 aromatic heterocycles. The number of imidazole rings is 1. The highest BCUT2D eigenvalue weighted by Gasteiger charge is 2.40. The monoisotopic (exact) mass is 350 g/mol. The number of benzene rings is 1. The second-order valence-corrected chi connectivity index (χ2v) is 7.74. The molecule has 2 aromatic rings. The standard InChI is InChI=1S/C19H23ClN2.ClH/c1-19-7-2-3-15-4-5-17(20)16(18(15)19)11-14(12-19)6-9-22-10-8-21-13-22;/h4-5,8,10,13-14H,2-3,6-7,9,11-12H2,1H3;1H. The fourth-order valence-corrected chi connectivity index (χ4v) is 5.02. The summed E-state index contributed by atoms with van der Waals surface area (Å²) in [5.74, 6) is 0.728. The predicted molar refractivity (Wildman–Crippen MR) is 97.6 cm³/mol. The molecule has 124 valence electrons. The average Bonchev–Trinajstić information content (AvgIpc) is 3.01. The molecule has 0 N–H and O–H groups in total. The quantitative estimate of drug-likeness (QED) is 0.743. The summed E-state index contributed by atoms with van der Waals surface area (Å²) in [5, 5.41) is 0.985. The van der Waals surface area contributed by atoms with Gasteiger partial charge in [-0.1, -0.05) is 24.6 Å². The van der Waals surface area contributed by atoms with Crippen molar-refractivity contribution in [1.82, 2.24) is 9.55 Å². The van der Waals surface area contributed by atoms with Crippen LogP contribution in [0.5, 0.6) is 0 Å². The third-order valence-corrected chi connectivity index (χ3v) is 6.06. The second-order valence-electron chi connectivity index (χ2n) is 7.34. The van der Waals surface area contributed by atoms with Gasteiger partial charge in [-0.3, -0.25) is 0 Å². The van der Waals surface area contributed by atoms with Crippen molar-refractivity contribution >= 4 is 24.0 Å². The zero-order chi connectivity index (χ0) is 15.2. The minimum atomic E-state index is 0. The average molecular weight is 351 g/mol. The topological polar surface area (TPSA) is 17.8 Å². The van der Waals surface area contributed by atoms with Gasteiger partial charge < -0.3 is 4.57 Å². The van der Waals surface area contributed by atoms with Gasteiger partial charge in [0.15, 0.2) is 0 Å². The van der Waals surface area contributed by atoms with Crippen LogP contribution in [-0.2, 0) is 24.8 Å². The highest BCUT2D eigenvalue weighted by Crippen LogP contribution is 2.50. The third kappa shape index (κ3) is 3.04. The summed E-state index contributed by atoms with van der Waals surface area (Å²) < 4.78 is 2.19. The normalized spacial score (nSPS) is 25.6. The van der Waals surface area contributed by atoms with E-state index < -0.39 is 0 Å². The van der Waals surface area contributed by atoms with Gasteiger partial charge in [0.2, 0.25) is 0 Å². The van der Waals surface area contributed by atoms with Crippen LogP contribution in [0.2, 0.25) is 5.02 Å². The molecule has 0 saturated carbocycles. The van der Waals surface area contributed by atoms with Crippen molar-refractivity contribution in [3.05, 3.63) is 52.6 Å². The first kappa shape index (κ1) is 16.9. The third-order valence-electron chi connectivity index (χ3n) is 5.71. The zero-order valence-electron chi connectivity index (χ0n) is 13.6. The minimum absolute atomic E-state index is 0. The Morgan fingerprint density at radius 2 is 2.26 bits per heavy atom. The van der Waals surface area contributed by atoms with Crippen LogP contribution in [0.25, 0.3) is 0 Å². The molecule has 4 rings (SSSR count). The van der Waals surface area contributed by atoms with Crippen LogP contribution < -0.4 is 0 Å². The lowest BCUT2D eigenvalue weighted by atomic mass is 9.60. The second kappa shape index (κ2) is 6.49. The molecule has 2 aliphatic carbocycles. The van der Waals surface area contributed by atoms with Crippen LogP contribution in [-0.4, -0.2) is 9.55 Å². The van der Waals surface area contributed by atoms with Gasteiger partial charge >= 0.3 is 0 Å². The van der Waals surface area contributed by atoms with E-state index in [1.807, 2.05) is 12.5 Å². The summed E-state index contributed by atoms with van der Waals surface area (Å²) in [7, 11) is 0. The van der Waals surface area contributed by atoms with Crippen LogP contribution in [0.4, 0.5) is 0 Å². The number of halogens is 2. The molecular formula is C19H24Cl2N2. The summed E-state index contributed by atoms with van der Waals surface area (Å²) >= 11 is 6.57. The lowest BCUT2D eigenvalue weighted by molar-refractivity contribution is 0.255. The summed E-state index contributed by atoms with van der Waals surface area (Å²) in [6.45, 7) is 3.53. The predicted octanol–water partition coefficient (Wildman–Crippen LogP) is 5.21. The van der Waals surface area contributed by atoms with Crippen LogP contribution in [0, 0.1) is 5.92 Å². The van der Waals surface area contributed by atoms with Gasteiger partial charge in [0.05, 0.1) is 6.33 Å². The maximum absolute atomic E-state index is 6.57. The number of hydrogen-bond donors (Lipinski definition) is 0. The number of rotatable bonds is 3. The van der Waals surface area contributed by atoms with Crippen molar-refractivity contribution in [2.75, 3.05) is 0 Å². The van der Waals surface area contributed by atoms with Crippen molar-refractivity contribution in [2.24, 2.45) is 5.92 Å². The number of aryl methyl sites for hydroxylation is 2. The van der Waals surface area contributed by atoms with E-state index in [2.05, 4.69) is 34.8 Å². The lowest BCUT2D eigenvalue weighted by Crippen LogP contribution is -2.36. The molecule has 0 fully saturated rings. The van der Waals surface area contributed by atoms with E-state index in [1.54, 1.807) is 11.1 Å². The van der Waals surface area contributed by atoms with Crippen molar-refractivity contribution < 1.29 is 0 Å². The molecule has 0 spiro atoms. The summed E-state index contributed by atoms with van der Waals surface area (Å²) in [6, 6.07) is 4.39. The molecule has 0 amide bonds. The molecule has 2 unspecified atom stereocenters. The SMILES string of the molecule is CC12CCCc3ccc(Cl)c(c31)CC(CCn1ccnc1)C2.Cl. The van der Waals surface area contributed by atoms with Gasteiger partial charge in [-0.15, -0.1) is 12.4 Å². The Balaban J connectivity index is 0.00000156. The highest BCUT2D eigenvalue weighted by molar-refractivity contribution is 6.31. The maximum Gasteiger partial charge on any atom is 0.0945 e. The molecule has 1 aromatic carbocycles. The fraction of sp³-hybridized carbons (Fsp3) is 0.526. The fourth-order valence-electron chi connectivity index (χ4n) is 4.78. The summed E-state index contributed by atoms with van der Waals surface area (Å²) in [5.41, 5.74) is 4.95. The largest absolute Gasteiger partial charge is 0.337 e. The number of nitrogens with zero attached hydrogens (tertiary/aromatic N) is 2. The van der Waals surface area contributed by atoms with Gasteiger partial charge in [0.1, 0.15) is 0 Å². The number of hydrogen-bond acceptors (Lipinski definition) is 1. The molecule has 23 heavy (non-hydrogen) atoms. The Morgan fingerprint density at radius 1 is 1.39 bits per heavy atom. The highest BCUT2D eigenvalue weighted by atomic mass is 35.5. The van der Waals surface area contributed by atoms with Gasteiger partial charge in [-0.05, 0) is 72.6 Å². The maximum atomic E-state index is 6.57. The van der Waals surface area contributed by atoms with Gasteiger partial charge in [0.25, 0.3) is 0 Å². The van der Waals surface area contributed by atoms with Crippen LogP contribution in [0.3, 0.4) is 0 Å². The van der Waals surface area contributed by atoms with E-state index in [1.165, 1.54) is 37.7 Å². The molecule has 2 aliphatic rings. The van der Waals surface area contributed by atoms with Crippen molar-refractivity contribution in [1.29, 1.82) is 0 Å². The molecule has 2 atom stereocenters. The summed E-state index contributed by atoms with van der Waals surface area (Å²) in [6.07, 6.45) is 13.4. The first-order valence-corrected chi connectivity index (χ1v) is 8.80. The Hall–Kier alpha value is -0.990. The molecule has 2 nitrogen and oxygen atoms in total.